The Morgan fingerprint density at radius 2 is 1.73 bits per heavy atom. The van der Waals surface area contributed by atoms with Crippen molar-refractivity contribution in [3.8, 4) is 28.4 Å². The van der Waals surface area contributed by atoms with E-state index in [0.717, 1.165) is 35.1 Å². The largest absolute Gasteiger partial charge is 0.493 e. The number of ether oxygens (including phenoxy) is 4. The lowest BCUT2D eigenvalue weighted by atomic mass is 9.95. The van der Waals surface area contributed by atoms with E-state index < -0.39 is 5.60 Å². The second-order valence-electron chi connectivity index (χ2n) is 7.73. The third-order valence-corrected chi connectivity index (χ3v) is 5.77. The average Bonchev–Trinajstić information content (AvgIpc) is 3.43. The van der Waals surface area contributed by atoms with Gasteiger partial charge in [0.2, 0.25) is 5.75 Å². The number of fused-ring (bicyclic) bond motifs is 1. The van der Waals surface area contributed by atoms with E-state index in [4.69, 9.17) is 18.9 Å². The van der Waals surface area contributed by atoms with Crippen LogP contribution in [0.2, 0.25) is 0 Å². The summed E-state index contributed by atoms with van der Waals surface area (Å²) < 4.78 is 22.9. The smallest absolute Gasteiger partial charge is 0.306 e. The summed E-state index contributed by atoms with van der Waals surface area (Å²) in [4.78, 5) is 24.0. The number of ketones is 1. The third-order valence-electron chi connectivity index (χ3n) is 5.77. The van der Waals surface area contributed by atoms with Crippen LogP contribution in [0.3, 0.4) is 0 Å². The van der Waals surface area contributed by atoms with Gasteiger partial charge in [0.05, 0.1) is 14.2 Å². The van der Waals surface area contributed by atoms with Gasteiger partial charge in [-0.05, 0) is 42.5 Å². The molecule has 0 spiro atoms. The quantitative estimate of drug-likeness (QED) is 0.602. The maximum atomic E-state index is 12.2. The van der Waals surface area contributed by atoms with Crippen molar-refractivity contribution in [2.45, 2.75) is 44.6 Å². The summed E-state index contributed by atoms with van der Waals surface area (Å²) in [5.41, 5.74) is 3.00. The molecule has 2 aliphatic rings. The van der Waals surface area contributed by atoms with Crippen LogP contribution in [0.4, 0.5) is 0 Å². The summed E-state index contributed by atoms with van der Waals surface area (Å²) in [6, 6.07) is 9.52. The Morgan fingerprint density at radius 1 is 0.967 bits per heavy atom. The number of carbonyl (C=O) groups excluding carboxylic acids is 2. The Bertz CT molecular complexity index is 989. The van der Waals surface area contributed by atoms with Gasteiger partial charge in [0.15, 0.2) is 17.3 Å². The number of esters is 1. The molecule has 0 atom stereocenters. The van der Waals surface area contributed by atoms with Crippen LogP contribution >= 0.6 is 0 Å². The van der Waals surface area contributed by atoms with Crippen molar-refractivity contribution in [2.24, 2.45) is 0 Å². The fourth-order valence-electron chi connectivity index (χ4n) is 3.93. The molecule has 1 saturated carbocycles. The zero-order valence-corrected chi connectivity index (χ0v) is 17.6. The molecule has 0 unspecified atom stereocenters. The van der Waals surface area contributed by atoms with Crippen LogP contribution in [0.25, 0.3) is 11.1 Å². The molecule has 0 N–H and O–H groups in total. The van der Waals surface area contributed by atoms with Crippen LogP contribution in [-0.2, 0) is 16.0 Å². The first-order valence-electron chi connectivity index (χ1n) is 10.3. The summed E-state index contributed by atoms with van der Waals surface area (Å²) >= 11 is 0. The number of Topliss-reactive ketones (excluding diaryl/α,β-unsaturated/α-hetero) is 1. The molecule has 0 aromatic heterocycles. The van der Waals surface area contributed by atoms with Crippen molar-refractivity contribution in [1.82, 2.24) is 0 Å². The van der Waals surface area contributed by atoms with Crippen molar-refractivity contribution in [2.75, 3.05) is 20.8 Å². The fourth-order valence-corrected chi connectivity index (χ4v) is 3.93. The predicted octanol–water partition coefficient (Wildman–Crippen LogP) is 4.36. The number of carbonyl (C=O) groups is 2. The van der Waals surface area contributed by atoms with E-state index in [9.17, 15) is 9.59 Å². The first-order chi connectivity index (χ1) is 14.5. The first kappa shape index (κ1) is 20.3. The lowest BCUT2D eigenvalue weighted by Crippen LogP contribution is -2.26. The fraction of sp³-hybridized carbons (Fsp3) is 0.417. The molecule has 0 aliphatic heterocycles. The molecule has 0 radical (unpaired) electrons. The van der Waals surface area contributed by atoms with E-state index in [2.05, 4.69) is 0 Å². The van der Waals surface area contributed by atoms with Gasteiger partial charge in [-0.2, -0.15) is 0 Å². The number of rotatable bonds is 8. The molecule has 1 fully saturated rings. The summed E-state index contributed by atoms with van der Waals surface area (Å²) in [6.45, 7) is 2.02. The third kappa shape index (κ3) is 3.62. The SMILES string of the molecule is CCC(=O)OC1(COc2c(-c3cccc4c3CCC4=O)ccc(OC)c2OC)CC1. The van der Waals surface area contributed by atoms with Gasteiger partial charge in [-0.25, -0.2) is 0 Å². The van der Waals surface area contributed by atoms with E-state index in [0.29, 0.717) is 36.5 Å². The Morgan fingerprint density at radius 3 is 2.40 bits per heavy atom. The molecule has 158 valence electrons. The minimum Gasteiger partial charge on any atom is -0.493 e. The zero-order valence-electron chi connectivity index (χ0n) is 17.6. The summed E-state index contributed by atoms with van der Waals surface area (Å²) in [7, 11) is 3.14. The molecule has 0 amide bonds. The normalized spacial score (nSPS) is 16.0. The summed E-state index contributed by atoms with van der Waals surface area (Å²) in [5, 5.41) is 0. The van der Waals surface area contributed by atoms with Gasteiger partial charge in [-0.3, -0.25) is 9.59 Å². The molecule has 2 aromatic rings. The minimum atomic E-state index is -0.576. The van der Waals surface area contributed by atoms with Crippen LogP contribution in [0.5, 0.6) is 17.2 Å². The highest BCUT2D eigenvalue weighted by atomic mass is 16.6. The van der Waals surface area contributed by atoms with Gasteiger partial charge in [0, 0.05) is 24.0 Å². The Kier molecular flexibility index (Phi) is 5.41. The molecule has 4 rings (SSSR count). The molecule has 2 aliphatic carbocycles. The standard InChI is InChI=1S/C24H26O6/c1-4-21(26)30-24(12-13-24)14-29-22-18(9-11-20(27-2)23(22)28-3)15-6-5-7-17-16(15)8-10-19(17)25/h5-7,9,11H,4,8,10,12-14H2,1-3H3. The molecular weight excluding hydrogens is 384 g/mol. The van der Waals surface area contributed by atoms with E-state index in [1.54, 1.807) is 21.1 Å². The molecule has 0 heterocycles. The van der Waals surface area contributed by atoms with Crippen molar-refractivity contribution in [3.63, 3.8) is 0 Å². The Labute approximate surface area is 176 Å². The van der Waals surface area contributed by atoms with Crippen LogP contribution in [-0.4, -0.2) is 38.2 Å². The second kappa shape index (κ2) is 8.01. The van der Waals surface area contributed by atoms with Gasteiger partial charge < -0.3 is 18.9 Å². The van der Waals surface area contributed by atoms with Gasteiger partial charge in [0.25, 0.3) is 0 Å². The maximum absolute atomic E-state index is 12.2. The number of benzene rings is 2. The zero-order chi connectivity index (χ0) is 21.3. The van der Waals surface area contributed by atoms with E-state index in [-0.39, 0.29) is 18.4 Å². The van der Waals surface area contributed by atoms with E-state index in [1.165, 1.54) is 0 Å². The Hall–Kier alpha value is -3.02. The van der Waals surface area contributed by atoms with Crippen molar-refractivity contribution < 1.29 is 28.5 Å². The lowest BCUT2D eigenvalue weighted by Gasteiger charge is -2.22. The minimum absolute atomic E-state index is 0.165. The molecule has 0 bridgehead atoms. The topological polar surface area (TPSA) is 71.1 Å². The second-order valence-corrected chi connectivity index (χ2v) is 7.73. The van der Waals surface area contributed by atoms with Crippen LogP contribution < -0.4 is 14.2 Å². The van der Waals surface area contributed by atoms with Gasteiger partial charge in [0.1, 0.15) is 12.2 Å². The molecule has 6 nitrogen and oxygen atoms in total. The number of methoxy groups -OCH3 is 2. The lowest BCUT2D eigenvalue weighted by molar-refractivity contribution is -0.152. The van der Waals surface area contributed by atoms with E-state index >= 15 is 0 Å². The molecular formula is C24H26O6. The maximum Gasteiger partial charge on any atom is 0.306 e. The first-order valence-corrected chi connectivity index (χ1v) is 10.3. The summed E-state index contributed by atoms with van der Waals surface area (Å²) in [6.07, 6.45) is 3.10. The Balaban J connectivity index is 1.74. The molecule has 30 heavy (non-hydrogen) atoms. The molecule has 0 saturated heterocycles. The summed E-state index contributed by atoms with van der Waals surface area (Å²) in [5.74, 6) is 1.50. The highest BCUT2D eigenvalue weighted by molar-refractivity contribution is 6.02. The predicted molar refractivity (Wildman–Crippen MR) is 111 cm³/mol. The van der Waals surface area contributed by atoms with E-state index in [1.807, 2.05) is 30.3 Å². The number of hydrogen-bond donors (Lipinski definition) is 0. The average molecular weight is 410 g/mol. The van der Waals surface area contributed by atoms with Crippen LogP contribution in [0.15, 0.2) is 30.3 Å². The van der Waals surface area contributed by atoms with Crippen molar-refractivity contribution in [3.05, 3.63) is 41.5 Å². The van der Waals surface area contributed by atoms with Gasteiger partial charge in [-0.1, -0.05) is 25.1 Å². The molecule has 2 aromatic carbocycles. The van der Waals surface area contributed by atoms with Crippen molar-refractivity contribution in [1.29, 1.82) is 0 Å². The monoisotopic (exact) mass is 410 g/mol. The highest BCUT2D eigenvalue weighted by Crippen LogP contribution is 2.48. The van der Waals surface area contributed by atoms with Gasteiger partial charge >= 0.3 is 5.97 Å². The van der Waals surface area contributed by atoms with Gasteiger partial charge in [-0.15, -0.1) is 0 Å². The van der Waals surface area contributed by atoms with Crippen LogP contribution in [0, 0.1) is 0 Å². The number of hydrogen-bond acceptors (Lipinski definition) is 6. The van der Waals surface area contributed by atoms with Crippen molar-refractivity contribution >= 4 is 11.8 Å². The molecule has 6 heteroatoms. The highest BCUT2D eigenvalue weighted by Gasteiger charge is 2.48. The van der Waals surface area contributed by atoms with Crippen LogP contribution in [0.1, 0.15) is 48.5 Å².